The Kier molecular flexibility index (Phi) is 4.42. The van der Waals surface area contributed by atoms with Gasteiger partial charge in [0.25, 0.3) is 0 Å². The number of pyridine rings is 2. The number of carbonyl (C=O) groups is 2. The Morgan fingerprint density at radius 3 is 1.52 bits per heavy atom. The van der Waals surface area contributed by atoms with Crippen LogP contribution >= 0.6 is 0 Å². The van der Waals surface area contributed by atoms with Gasteiger partial charge in [-0.05, 0) is 38.8 Å². The zero-order valence-corrected chi connectivity index (χ0v) is 17.3. The number of rotatable bonds is 2. The first-order valence-corrected chi connectivity index (χ1v) is 9.43. The monoisotopic (exact) mass is 396 g/mol. The van der Waals surface area contributed by atoms with Crippen LogP contribution in [0.2, 0.25) is 0 Å². The van der Waals surface area contributed by atoms with Gasteiger partial charge in [0.2, 0.25) is 11.8 Å². The molecule has 9 heteroatoms. The second kappa shape index (κ2) is 6.70. The maximum atomic E-state index is 11.6. The van der Waals surface area contributed by atoms with Crippen molar-refractivity contribution < 1.29 is 14.3 Å². The largest absolute Gasteiger partial charge is 0.340 e. The summed E-state index contributed by atoms with van der Waals surface area (Å²) in [5, 5.41) is 12.4. The minimum atomic E-state index is -0.456. The normalized spacial score (nSPS) is 18.7. The summed E-state index contributed by atoms with van der Waals surface area (Å²) in [6, 6.07) is 0. The molecule has 0 spiro atoms. The Bertz CT molecular complexity index is 982. The highest BCUT2D eigenvalue weighted by Gasteiger charge is 2.39. The number of hydrogen-bond acceptors (Lipinski definition) is 7. The number of fused-ring (bicyclic) bond motifs is 6. The Hall–Kier alpha value is -3.20. The zero-order chi connectivity index (χ0) is 21.0. The molecule has 2 atom stereocenters. The first-order valence-electron chi connectivity index (χ1n) is 9.43. The van der Waals surface area contributed by atoms with E-state index in [0.717, 1.165) is 33.6 Å². The molecule has 29 heavy (non-hydrogen) atoms. The number of hydrogen-bond donors (Lipinski definition) is 4. The second-order valence-electron chi connectivity index (χ2n) is 7.47. The molecular formula is C20H24N6O3. The number of amides is 2. The molecule has 0 saturated heterocycles. The fourth-order valence-corrected chi connectivity index (χ4v) is 4.05. The molecule has 4 heterocycles. The average Bonchev–Trinajstić information content (AvgIpc) is 2.61. The zero-order valence-electron chi connectivity index (χ0n) is 17.3. The molecule has 2 amide bonds. The third-order valence-corrected chi connectivity index (χ3v) is 5.29. The van der Waals surface area contributed by atoms with E-state index in [4.69, 9.17) is 4.74 Å². The minimum absolute atomic E-state index is 0.152. The fraction of sp³-hybridized carbons (Fsp3) is 0.400. The van der Waals surface area contributed by atoms with E-state index in [-0.39, 0.29) is 11.8 Å². The lowest BCUT2D eigenvalue weighted by Crippen LogP contribution is -2.36. The Morgan fingerprint density at radius 1 is 0.793 bits per heavy atom. The summed E-state index contributed by atoms with van der Waals surface area (Å²) < 4.78 is 6.21. The molecule has 152 valence electrons. The predicted molar refractivity (Wildman–Crippen MR) is 110 cm³/mol. The van der Waals surface area contributed by atoms with Gasteiger partial charge in [0.05, 0.1) is 22.8 Å². The highest BCUT2D eigenvalue weighted by molar-refractivity contribution is 5.92. The van der Waals surface area contributed by atoms with Gasteiger partial charge >= 0.3 is 0 Å². The molecule has 0 radical (unpaired) electrons. The van der Waals surface area contributed by atoms with Crippen molar-refractivity contribution in [1.82, 2.24) is 9.97 Å². The highest BCUT2D eigenvalue weighted by atomic mass is 16.5. The molecule has 0 aliphatic carbocycles. The predicted octanol–water partition coefficient (Wildman–Crippen LogP) is 3.19. The fourth-order valence-electron chi connectivity index (χ4n) is 4.05. The summed E-state index contributed by atoms with van der Waals surface area (Å²) in [6.45, 7) is 10.5. The molecule has 4 rings (SSSR count). The highest BCUT2D eigenvalue weighted by Crippen LogP contribution is 2.48. The number of aryl methyl sites for hydroxylation is 2. The first kappa shape index (κ1) is 19.1. The Labute approximate surface area is 168 Å². The van der Waals surface area contributed by atoms with Crippen LogP contribution in [0.15, 0.2) is 0 Å². The lowest BCUT2D eigenvalue weighted by molar-refractivity contribution is -0.115. The molecule has 0 saturated carbocycles. The van der Waals surface area contributed by atoms with Crippen molar-refractivity contribution in [2.45, 2.75) is 54.0 Å². The van der Waals surface area contributed by atoms with Crippen molar-refractivity contribution in [3.05, 3.63) is 33.6 Å². The van der Waals surface area contributed by atoms with E-state index in [1.807, 2.05) is 27.7 Å². The summed E-state index contributed by atoms with van der Waals surface area (Å²) in [4.78, 5) is 32.5. The van der Waals surface area contributed by atoms with E-state index in [0.29, 0.717) is 23.0 Å². The van der Waals surface area contributed by atoms with Gasteiger partial charge in [-0.3, -0.25) is 9.59 Å². The van der Waals surface area contributed by atoms with E-state index in [1.54, 1.807) is 0 Å². The molecule has 0 aromatic carbocycles. The summed E-state index contributed by atoms with van der Waals surface area (Å²) in [5.74, 6) is 1.10. The summed E-state index contributed by atoms with van der Waals surface area (Å²) >= 11 is 0. The van der Waals surface area contributed by atoms with Crippen molar-refractivity contribution in [2.75, 3.05) is 21.3 Å². The number of aromatic nitrogens is 2. The van der Waals surface area contributed by atoms with Crippen molar-refractivity contribution in [2.24, 2.45) is 0 Å². The summed E-state index contributed by atoms with van der Waals surface area (Å²) in [7, 11) is 0. The van der Waals surface area contributed by atoms with Crippen molar-refractivity contribution in [3.63, 3.8) is 0 Å². The van der Waals surface area contributed by atoms with Gasteiger partial charge in [0.15, 0.2) is 12.5 Å². The number of ether oxygens (including phenoxy) is 1. The van der Waals surface area contributed by atoms with Crippen molar-refractivity contribution >= 4 is 34.8 Å². The quantitative estimate of drug-likeness (QED) is 0.616. The van der Waals surface area contributed by atoms with Crippen LogP contribution in [0.25, 0.3) is 0 Å². The third-order valence-electron chi connectivity index (χ3n) is 5.29. The van der Waals surface area contributed by atoms with Gasteiger partial charge < -0.3 is 26.0 Å². The maximum Gasteiger partial charge on any atom is 0.221 e. The van der Waals surface area contributed by atoms with Crippen molar-refractivity contribution in [1.29, 1.82) is 0 Å². The van der Waals surface area contributed by atoms with Crippen LogP contribution in [0.1, 0.15) is 59.9 Å². The van der Waals surface area contributed by atoms with Gasteiger partial charge in [0.1, 0.15) is 11.6 Å². The molecule has 0 fully saturated rings. The van der Waals surface area contributed by atoms with E-state index in [9.17, 15) is 9.59 Å². The van der Waals surface area contributed by atoms with E-state index in [1.165, 1.54) is 13.8 Å². The van der Waals surface area contributed by atoms with Gasteiger partial charge in [-0.25, -0.2) is 9.97 Å². The van der Waals surface area contributed by atoms with E-state index >= 15 is 0 Å². The number of nitrogens with one attached hydrogen (secondary N) is 4. The molecule has 2 aliphatic heterocycles. The summed E-state index contributed by atoms with van der Waals surface area (Å²) in [5.41, 5.74) is 6.27. The van der Waals surface area contributed by atoms with Gasteiger partial charge in [-0.1, -0.05) is 0 Å². The molecule has 4 N–H and O–H groups in total. The van der Waals surface area contributed by atoms with Gasteiger partial charge in [-0.2, -0.15) is 0 Å². The van der Waals surface area contributed by atoms with Crippen molar-refractivity contribution in [3.8, 4) is 0 Å². The van der Waals surface area contributed by atoms with Crippen LogP contribution in [0, 0.1) is 27.7 Å². The minimum Gasteiger partial charge on any atom is -0.340 e. The van der Waals surface area contributed by atoms with Crippen LogP contribution in [0.5, 0.6) is 0 Å². The molecule has 2 aromatic rings. The topological polar surface area (TPSA) is 117 Å². The Morgan fingerprint density at radius 2 is 1.17 bits per heavy atom. The summed E-state index contributed by atoms with van der Waals surface area (Å²) in [6.07, 6.45) is -0.912. The maximum absolute atomic E-state index is 11.6. The SMILES string of the molecule is CC(=O)Nc1c(C)nc2c(c1C)C1Nc3nc(C)c(NC(C)=O)c(C)c3C(N2)O1. The standard InChI is InChI=1S/C20H24N6O3/c1-7-13-17(21-9(3)15(7)23-11(5)27)25-20-14-8(2)16(24-12(6)28)10(4)22-18(14)26-19(13)29-20/h19-20H,1-6H3,(H,21,25)(H,22,26)(H,23,27)(H,24,28). The molecular weight excluding hydrogens is 372 g/mol. The van der Waals surface area contributed by atoms with Crippen LogP contribution < -0.4 is 21.3 Å². The number of anilines is 4. The van der Waals surface area contributed by atoms with E-state index in [2.05, 4.69) is 31.2 Å². The number of carbonyl (C=O) groups excluding carboxylic acids is 2. The third kappa shape index (κ3) is 3.07. The molecule has 2 bridgehead atoms. The average molecular weight is 396 g/mol. The molecule has 2 unspecified atom stereocenters. The van der Waals surface area contributed by atoms with Crippen LogP contribution in [0.4, 0.5) is 23.0 Å². The number of nitrogens with zero attached hydrogens (tertiary/aromatic N) is 2. The lowest BCUT2D eigenvalue weighted by atomic mass is 9.98. The smallest absolute Gasteiger partial charge is 0.221 e. The van der Waals surface area contributed by atoms with Crippen LogP contribution in [0.3, 0.4) is 0 Å². The lowest BCUT2D eigenvalue weighted by Gasteiger charge is -2.41. The van der Waals surface area contributed by atoms with Crippen LogP contribution in [-0.4, -0.2) is 21.8 Å². The molecule has 2 aromatic heterocycles. The second-order valence-corrected chi connectivity index (χ2v) is 7.47. The first-order chi connectivity index (χ1) is 13.7. The van der Waals surface area contributed by atoms with Crippen LogP contribution in [-0.2, 0) is 14.3 Å². The van der Waals surface area contributed by atoms with Gasteiger partial charge in [0, 0.05) is 25.0 Å². The molecule has 9 nitrogen and oxygen atoms in total. The van der Waals surface area contributed by atoms with Gasteiger partial charge in [-0.15, -0.1) is 0 Å². The Balaban J connectivity index is 1.82. The van der Waals surface area contributed by atoms with E-state index < -0.39 is 12.5 Å². The molecule has 2 aliphatic rings.